The molecule has 48 heavy (non-hydrogen) atoms. The molecule has 0 saturated heterocycles. The Kier molecular flexibility index (Phi) is 12.1. The van der Waals surface area contributed by atoms with Gasteiger partial charge in [0.15, 0.2) is 11.5 Å². The fraction of sp³-hybridized carbons (Fsp3) is 0.273. The zero-order chi connectivity index (χ0) is 33.7. The van der Waals surface area contributed by atoms with Gasteiger partial charge in [0, 0.05) is 22.3 Å². The van der Waals surface area contributed by atoms with Gasteiger partial charge in [-0.25, -0.2) is 0 Å². The second-order valence-corrected chi connectivity index (χ2v) is 12.3. The average Bonchev–Trinajstić information content (AvgIpc) is 3.36. The van der Waals surface area contributed by atoms with E-state index in [2.05, 4.69) is 48.8 Å². The predicted molar refractivity (Wildman–Crippen MR) is 198 cm³/mol. The third-order valence-corrected chi connectivity index (χ3v) is 8.79. The van der Waals surface area contributed by atoms with E-state index in [4.69, 9.17) is 0 Å². The van der Waals surface area contributed by atoms with E-state index < -0.39 is 10.9 Å². The van der Waals surface area contributed by atoms with E-state index in [0.717, 1.165) is 34.7 Å². The Morgan fingerprint density at radius 3 is 1.40 bits per heavy atom. The first kappa shape index (κ1) is 34.0. The molecule has 4 heteroatoms. The van der Waals surface area contributed by atoms with Crippen LogP contribution in [0.15, 0.2) is 101 Å². The molecular weight excluding hydrogens is 592 g/mol. The molecule has 0 aliphatic carbocycles. The molecule has 0 aliphatic heterocycles. The molecule has 0 heterocycles. The highest BCUT2D eigenvalue weighted by atomic mass is 16.3. The summed E-state index contributed by atoms with van der Waals surface area (Å²) in [4.78, 5) is 23.8. The maximum absolute atomic E-state index is 11.9. The highest BCUT2D eigenvalue weighted by Gasteiger charge is 2.12. The van der Waals surface area contributed by atoms with Crippen molar-refractivity contribution in [2.75, 3.05) is 0 Å². The molecule has 0 spiro atoms. The van der Waals surface area contributed by atoms with Gasteiger partial charge in [0.2, 0.25) is 10.9 Å². The van der Waals surface area contributed by atoms with E-state index in [1.54, 1.807) is 24.3 Å². The fourth-order valence-electron chi connectivity index (χ4n) is 6.09. The van der Waals surface area contributed by atoms with Gasteiger partial charge in [-0.1, -0.05) is 113 Å². The van der Waals surface area contributed by atoms with Crippen molar-refractivity contribution in [2.45, 2.75) is 77.6 Å². The molecule has 0 fully saturated rings. The number of aryl methyl sites for hydroxylation is 1. The van der Waals surface area contributed by atoms with Gasteiger partial charge in [0.05, 0.1) is 0 Å². The molecule has 0 aromatic heterocycles. The Morgan fingerprint density at radius 2 is 0.917 bits per heavy atom. The summed E-state index contributed by atoms with van der Waals surface area (Å²) in [5, 5.41) is 24.0. The van der Waals surface area contributed by atoms with Gasteiger partial charge in [0.1, 0.15) is 0 Å². The molecule has 0 saturated carbocycles. The average molecular weight is 635 g/mol. The van der Waals surface area contributed by atoms with Crippen LogP contribution >= 0.6 is 0 Å². The van der Waals surface area contributed by atoms with Gasteiger partial charge < -0.3 is 10.2 Å². The molecule has 4 nitrogen and oxygen atoms in total. The van der Waals surface area contributed by atoms with Gasteiger partial charge in [-0.15, -0.1) is 0 Å². The minimum Gasteiger partial charge on any atom is -0.504 e. The molecule has 5 rings (SSSR count). The molecule has 5 aromatic rings. The van der Waals surface area contributed by atoms with Crippen molar-refractivity contribution >= 4 is 21.5 Å². The summed E-state index contributed by atoms with van der Waals surface area (Å²) < 4.78 is 0. The minimum atomic E-state index is -0.445. The van der Waals surface area contributed by atoms with E-state index in [-0.39, 0.29) is 11.5 Å². The summed E-state index contributed by atoms with van der Waals surface area (Å²) >= 11 is 0. The van der Waals surface area contributed by atoms with Crippen LogP contribution in [-0.4, -0.2) is 10.2 Å². The lowest BCUT2D eigenvalue weighted by Crippen LogP contribution is -1.94. The van der Waals surface area contributed by atoms with Crippen LogP contribution in [0, 0.1) is 23.7 Å². The van der Waals surface area contributed by atoms with Gasteiger partial charge in [-0.3, -0.25) is 9.59 Å². The molecule has 0 aliphatic rings. The lowest BCUT2D eigenvalue weighted by Gasteiger charge is -2.14. The van der Waals surface area contributed by atoms with Crippen molar-refractivity contribution in [3.63, 3.8) is 0 Å². The standard InChI is InChI=1S/C44H42O4/c1-2-3-4-5-6-7-8-9-10-11-16-36-37-17-12-14-34(25-19-32-21-27-41(45)42(46)28-22-32)39(37)31-40-35(15-13-18-38(36)40)26-20-33-23-29-43(47)44(48)30-24-33/h12-15,17-18,21-24,27-31H,2-11,16H2,1H3,(H,45,46)(H,47,48). The number of rotatable bonds is 11. The summed E-state index contributed by atoms with van der Waals surface area (Å²) in [6, 6.07) is 26.6. The van der Waals surface area contributed by atoms with E-state index in [0.29, 0.717) is 11.1 Å². The number of unbranched alkanes of at least 4 members (excludes halogenated alkanes) is 9. The third-order valence-electron chi connectivity index (χ3n) is 8.79. The second-order valence-electron chi connectivity index (χ2n) is 12.3. The van der Waals surface area contributed by atoms with Crippen LogP contribution in [0.25, 0.3) is 21.5 Å². The lowest BCUT2D eigenvalue weighted by atomic mass is 9.89. The van der Waals surface area contributed by atoms with Gasteiger partial charge in [0.25, 0.3) is 0 Å². The molecule has 242 valence electrons. The highest BCUT2D eigenvalue weighted by Crippen LogP contribution is 2.33. The minimum absolute atomic E-state index is 0.306. The largest absolute Gasteiger partial charge is 0.504 e. The van der Waals surface area contributed by atoms with Crippen LogP contribution in [-0.2, 0) is 6.42 Å². The molecule has 0 bridgehead atoms. The summed E-state index contributed by atoms with van der Waals surface area (Å²) in [6.45, 7) is 2.26. The Hall–Kier alpha value is -5.32. The van der Waals surface area contributed by atoms with Crippen molar-refractivity contribution < 1.29 is 10.2 Å². The normalized spacial score (nSPS) is 10.7. The van der Waals surface area contributed by atoms with E-state index in [1.165, 1.54) is 98.4 Å². The van der Waals surface area contributed by atoms with Crippen LogP contribution < -0.4 is 10.9 Å². The summed E-state index contributed by atoms with van der Waals surface area (Å²) in [7, 11) is 0. The smallest absolute Gasteiger partial charge is 0.220 e. The van der Waals surface area contributed by atoms with Crippen molar-refractivity contribution in [1.82, 2.24) is 0 Å². The number of fused-ring (bicyclic) bond motifs is 2. The van der Waals surface area contributed by atoms with Crippen LogP contribution in [0.4, 0.5) is 0 Å². The Labute approximate surface area is 283 Å². The maximum Gasteiger partial charge on any atom is 0.220 e. The Bertz CT molecular complexity index is 2020. The van der Waals surface area contributed by atoms with Crippen molar-refractivity contribution in [2.24, 2.45) is 0 Å². The zero-order valence-corrected chi connectivity index (χ0v) is 27.6. The summed E-state index contributed by atoms with van der Waals surface area (Å²) in [6.07, 6.45) is 13.7. The Morgan fingerprint density at radius 1 is 0.479 bits per heavy atom. The maximum atomic E-state index is 11.9. The van der Waals surface area contributed by atoms with E-state index >= 15 is 0 Å². The monoisotopic (exact) mass is 634 g/mol. The van der Waals surface area contributed by atoms with Crippen LogP contribution in [0.5, 0.6) is 11.5 Å². The SMILES string of the molecule is CCCCCCCCCCCCc1c2cccc(C#Cc3ccc(O)c(=O)cc3)c2cc2c(C#Cc3ccc(O)c(=O)cc3)cccc12. The van der Waals surface area contributed by atoms with E-state index in [1.807, 2.05) is 24.3 Å². The predicted octanol–water partition coefficient (Wildman–Crippen LogP) is 9.39. The number of hydrogen-bond donors (Lipinski definition) is 2. The molecular formula is C44H42O4. The second kappa shape index (κ2) is 17.0. The van der Waals surface area contributed by atoms with Crippen molar-refractivity contribution in [3.8, 4) is 35.2 Å². The number of benzene rings is 3. The molecule has 0 amide bonds. The summed E-state index contributed by atoms with van der Waals surface area (Å²) in [5.41, 5.74) is 3.39. The highest BCUT2D eigenvalue weighted by molar-refractivity contribution is 6.06. The van der Waals surface area contributed by atoms with Crippen molar-refractivity contribution in [1.29, 1.82) is 0 Å². The lowest BCUT2D eigenvalue weighted by molar-refractivity contribution is 0.470. The first-order valence-corrected chi connectivity index (χ1v) is 17.1. The third kappa shape index (κ3) is 8.93. The topological polar surface area (TPSA) is 74.6 Å². The van der Waals surface area contributed by atoms with Crippen molar-refractivity contribution in [3.05, 3.63) is 139 Å². The van der Waals surface area contributed by atoms with Crippen LogP contribution in [0.1, 0.15) is 98.9 Å². The first-order chi connectivity index (χ1) is 23.4. The van der Waals surface area contributed by atoms with Gasteiger partial charge in [-0.2, -0.15) is 0 Å². The van der Waals surface area contributed by atoms with Crippen LogP contribution in [0.3, 0.4) is 0 Å². The molecule has 2 N–H and O–H groups in total. The number of hydrogen-bond acceptors (Lipinski definition) is 4. The number of aromatic hydroxyl groups is 2. The van der Waals surface area contributed by atoms with Gasteiger partial charge in [-0.05, 0) is 107 Å². The van der Waals surface area contributed by atoms with E-state index in [9.17, 15) is 19.8 Å². The fourth-order valence-corrected chi connectivity index (χ4v) is 6.09. The van der Waals surface area contributed by atoms with Crippen LogP contribution in [0.2, 0.25) is 0 Å². The first-order valence-electron chi connectivity index (χ1n) is 17.1. The molecule has 0 radical (unpaired) electrons. The summed E-state index contributed by atoms with van der Waals surface area (Å²) in [5.74, 6) is 12.4. The molecule has 5 aromatic carbocycles. The molecule has 0 atom stereocenters. The molecule has 0 unspecified atom stereocenters. The quantitative estimate of drug-likeness (QED) is 0.0863. The Balaban J connectivity index is 1.51. The van der Waals surface area contributed by atoms with Gasteiger partial charge >= 0.3 is 0 Å². The zero-order valence-electron chi connectivity index (χ0n) is 27.6.